The van der Waals surface area contributed by atoms with Crippen molar-refractivity contribution >= 4 is 23.2 Å². The van der Waals surface area contributed by atoms with Crippen LogP contribution in [0.5, 0.6) is 0 Å². The molecule has 0 saturated heterocycles. The Bertz CT molecular complexity index is 881. The van der Waals surface area contributed by atoms with Gasteiger partial charge in [-0.15, -0.1) is 11.3 Å². The van der Waals surface area contributed by atoms with Gasteiger partial charge in [-0.05, 0) is 48.6 Å². The Labute approximate surface area is 167 Å². The van der Waals surface area contributed by atoms with E-state index in [1.165, 1.54) is 28.8 Å². The fourth-order valence-corrected chi connectivity index (χ4v) is 4.32. The van der Waals surface area contributed by atoms with Crippen molar-refractivity contribution in [3.05, 3.63) is 70.7 Å². The molecule has 6 nitrogen and oxygen atoms in total. The van der Waals surface area contributed by atoms with Crippen LogP contribution < -0.4 is 5.32 Å². The average molecular weight is 398 g/mol. The van der Waals surface area contributed by atoms with Crippen LogP contribution in [0.2, 0.25) is 0 Å². The summed E-state index contributed by atoms with van der Waals surface area (Å²) in [6.45, 7) is 0.292. The van der Waals surface area contributed by atoms with Crippen LogP contribution in [0.25, 0.3) is 0 Å². The largest absolute Gasteiger partial charge is 0.467 e. The van der Waals surface area contributed by atoms with Gasteiger partial charge in [0.15, 0.2) is 11.8 Å². The van der Waals surface area contributed by atoms with Gasteiger partial charge in [0, 0.05) is 10.9 Å². The highest BCUT2D eigenvalue weighted by atomic mass is 32.1. The van der Waals surface area contributed by atoms with Crippen molar-refractivity contribution < 1.29 is 18.4 Å². The van der Waals surface area contributed by atoms with Crippen molar-refractivity contribution in [2.75, 3.05) is 0 Å². The molecule has 0 aliphatic heterocycles. The summed E-state index contributed by atoms with van der Waals surface area (Å²) >= 11 is 1.54. The molecular weight excluding hydrogens is 376 g/mol. The van der Waals surface area contributed by atoms with E-state index in [0.29, 0.717) is 12.3 Å². The third kappa shape index (κ3) is 4.04. The molecule has 0 spiro atoms. The van der Waals surface area contributed by atoms with E-state index in [-0.39, 0.29) is 23.6 Å². The van der Waals surface area contributed by atoms with E-state index >= 15 is 0 Å². The van der Waals surface area contributed by atoms with E-state index in [9.17, 15) is 9.59 Å². The van der Waals surface area contributed by atoms with E-state index < -0.39 is 6.04 Å². The van der Waals surface area contributed by atoms with Crippen LogP contribution in [-0.4, -0.2) is 22.8 Å². The van der Waals surface area contributed by atoms with Crippen molar-refractivity contribution in [3.63, 3.8) is 0 Å². The molecule has 1 aliphatic carbocycles. The molecular formula is C21H22N2O4S. The Morgan fingerprint density at radius 3 is 2.54 bits per heavy atom. The van der Waals surface area contributed by atoms with Crippen LogP contribution in [-0.2, 0) is 11.3 Å². The molecule has 1 fully saturated rings. The lowest BCUT2D eigenvalue weighted by atomic mass is 10.1. The summed E-state index contributed by atoms with van der Waals surface area (Å²) in [6.07, 6.45) is 7.13. The lowest BCUT2D eigenvalue weighted by molar-refractivity contribution is -0.127. The Morgan fingerprint density at radius 2 is 1.89 bits per heavy atom. The molecule has 146 valence electrons. The first-order valence-corrected chi connectivity index (χ1v) is 10.3. The van der Waals surface area contributed by atoms with E-state index in [4.69, 9.17) is 8.83 Å². The van der Waals surface area contributed by atoms with E-state index in [1.54, 1.807) is 24.3 Å². The van der Waals surface area contributed by atoms with Crippen LogP contribution >= 0.6 is 11.3 Å². The van der Waals surface area contributed by atoms with Gasteiger partial charge in [-0.1, -0.05) is 18.9 Å². The molecule has 4 rings (SSSR count). The Balaban J connectivity index is 1.67. The number of thiophene rings is 1. The molecule has 1 N–H and O–H groups in total. The Kier molecular flexibility index (Phi) is 5.62. The van der Waals surface area contributed by atoms with Crippen LogP contribution in [0.4, 0.5) is 0 Å². The van der Waals surface area contributed by atoms with E-state index in [2.05, 4.69) is 5.32 Å². The lowest BCUT2D eigenvalue weighted by Crippen LogP contribution is -2.45. The van der Waals surface area contributed by atoms with Gasteiger partial charge in [0.2, 0.25) is 0 Å². The molecule has 2 amide bonds. The number of nitrogens with zero attached hydrogens (tertiary/aromatic N) is 1. The van der Waals surface area contributed by atoms with Crippen molar-refractivity contribution in [1.29, 1.82) is 0 Å². The van der Waals surface area contributed by atoms with Crippen molar-refractivity contribution in [1.82, 2.24) is 10.2 Å². The molecule has 1 aliphatic rings. The highest BCUT2D eigenvalue weighted by Gasteiger charge is 2.36. The topological polar surface area (TPSA) is 75.7 Å². The molecule has 7 heteroatoms. The minimum absolute atomic E-state index is 0.146. The minimum Gasteiger partial charge on any atom is -0.467 e. The van der Waals surface area contributed by atoms with Crippen LogP contribution in [0.15, 0.2) is 63.1 Å². The maximum atomic E-state index is 13.2. The third-order valence-corrected chi connectivity index (χ3v) is 5.83. The van der Waals surface area contributed by atoms with Gasteiger partial charge in [-0.25, -0.2) is 0 Å². The number of rotatable bonds is 7. The maximum absolute atomic E-state index is 13.2. The monoisotopic (exact) mass is 398 g/mol. The van der Waals surface area contributed by atoms with Crippen molar-refractivity contribution in [2.24, 2.45) is 0 Å². The summed E-state index contributed by atoms with van der Waals surface area (Å²) in [4.78, 5) is 29.0. The number of nitrogens with one attached hydrogen (secondary N) is 1. The highest BCUT2D eigenvalue weighted by molar-refractivity contribution is 7.09. The zero-order chi connectivity index (χ0) is 19.3. The van der Waals surface area contributed by atoms with Crippen LogP contribution in [0, 0.1) is 0 Å². The van der Waals surface area contributed by atoms with Gasteiger partial charge >= 0.3 is 0 Å². The van der Waals surface area contributed by atoms with Gasteiger partial charge in [-0.3, -0.25) is 9.59 Å². The fourth-order valence-electron chi connectivity index (χ4n) is 3.61. The van der Waals surface area contributed by atoms with Crippen molar-refractivity contribution in [3.8, 4) is 0 Å². The van der Waals surface area contributed by atoms with Gasteiger partial charge in [0.25, 0.3) is 11.8 Å². The summed E-state index contributed by atoms with van der Waals surface area (Å²) < 4.78 is 10.9. The lowest BCUT2D eigenvalue weighted by Gasteiger charge is -2.29. The number of furan rings is 2. The summed E-state index contributed by atoms with van der Waals surface area (Å²) in [6, 6.07) is 9.88. The average Bonchev–Trinajstić information content (AvgIpc) is 3.50. The van der Waals surface area contributed by atoms with Gasteiger partial charge in [0.05, 0.1) is 19.1 Å². The standard InChI is InChI=1S/C21H22N2O4S/c24-20(22-15-6-1-2-7-15)19(17-9-3-11-26-17)23(14-16-8-5-13-28-16)21(25)18-10-4-12-27-18/h3-5,8-13,15,19H,1-2,6-7,14H2,(H,22,24)/t19-/m1/s1. The molecule has 28 heavy (non-hydrogen) atoms. The molecule has 0 unspecified atom stereocenters. The second-order valence-electron chi connectivity index (χ2n) is 6.90. The number of hydrogen-bond donors (Lipinski definition) is 1. The first-order valence-electron chi connectivity index (χ1n) is 9.43. The smallest absolute Gasteiger partial charge is 0.290 e. The van der Waals surface area contributed by atoms with E-state index in [0.717, 1.165) is 30.6 Å². The molecule has 1 atom stereocenters. The number of amides is 2. The molecule has 3 aromatic rings. The molecule has 0 radical (unpaired) electrons. The highest BCUT2D eigenvalue weighted by Crippen LogP contribution is 2.28. The predicted molar refractivity (Wildman–Crippen MR) is 105 cm³/mol. The summed E-state index contributed by atoms with van der Waals surface area (Å²) in [5, 5.41) is 5.06. The summed E-state index contributed by atoms with van der Waals surface area (Å²) in [7, 11) is 0. The second-order valence-corrected chi connectivity index (χ2v) is 7.93. The first kappa shape index (κ1) is 18.6. The fraction of sp³-hybridized carbons (Fsp3) is 0.333. The summed E-state index contributed by atoms with van der Waals surface area (Å²) in [5.41, 5.74) is 0. The quantitative estimate of drug-likeness (QED) is 0.641. The number of hydrogen-bond acceptors (Lipinski definition) is 5. The predicted octanol–water partition coefficient (Wildman–Crippen LogP) is 4.38. The third-order valence-electron chi connectivity index (χ3n) is 4.97. The SMILES string of the molecule is O=C(NC1CCCC1)[C@@H](c1ccco1)N(Cc1cccs1)C(=O)c1ccco1. The first-order chi connectivity index (χ1) is 13.7. The maximum Gasteiger partial charge on any atom is 0.290 e. The minimum atomic E-state index is -0.865. The number of carbonyl (C=O) groups excluding carboxylic acids is 2. The Hall–Kier alpha value is -2.80. The van der Waals surface area contributed by atoms with Gasteiger partial charge < -0.3 is 19.1 Å². The van der Waals surface area contributed by atoms with E-state index in [1.807, 2.05) is 17.5 Å². The molecule has 3 heterocycles. The molecule has 3 aromatic heterocycles. The molecule has 0 bridgehead atoms. The molecule has 0 aromatic carbocycles. The van der Waals surface area contributed by atoms with Crippen LogP contribution in [0.1, 0.15) is 52.9 Å². The van der Waals surface area contributed by atoms with Gasteiger partial charge in [-0.2, -0.15) is 0 Å². The zero-order valence-corrected chi connectivity index (χ0v) is 16.2. The summed E-state index contributed by atoms with van der Waals surface area (Å²) in [5.74, 6) is 0.0634. The Morgan fingerprint density at radius 1 is 1.11 bits per heavy atom. The second kappa shape index (κ2) is 8.48. The zero-order valence-electron chi connectivity index (χ0n) is 15.4. The van der Waals surface area contributed by atoms with Crippen LogP contribution in [0.3, 0.4) is 0 Å². The molecule has 1 saturated carbocycles. The number of carbonyl (C=O) groups is 2. The van der Waals surface area contributed by atoms with Gasteiger partial charge in [0.1, 0.15) is 5.76 Å². The normalized spacial score (nSPS) is 15.4. The van der Waals surface area contributed by atoms with Crippen molar-refractivity contribution in [2.45, 2.75) is 44.3 Å².